The Labute approximate surface area is 143 Å². The third-order valence-corrected chi connectivity index (χ3v) is 3.87. The van der Waals surface area contributed by atoms with Crippen LogP contribution in [0.3, 0.4) is 0 Å². The Bertz CT molecular complexity index is 1060. The number of benzene rings is 2. The molecule has 1 heterocycles. The molecule has 0 aliphatic carbocycles. The van der Waals surface area contributed by atoms with Crippen molar-refractivity contribution in [3.63, 3.8) is 0 Å². The molecule has 0 bridgehead atoms. The highest BCUT2D eigenvalue weighted by Crippen LogP contribution is 2.22. The van der Waals surface area contributed by atoms with Crippen molar-refractivity contribution in [1.29, 1.82) is 5.26 Å². The number of fused-ring (bicyclic) bond motifs is 1. The molecule has 0 unspecified atom stereocenters. The minimum Gasteiger partial charge on any atom is -0.477 e. The van der Waals surface area contributed by atoms with Crippen molar-refractivity contribution in [2.75, 3.05) is 11.9 Å². The Morgan fingerprint density at radius 3 is 2.76 bits per heavy atom. The molecular formula is C19H14N2O4. The molecule has 124 valence electrons. The van der Waals surface area contributed by atoms with E-state index in [1.165, 1.54) is 6.07 Å². The summed E-state index contributed by atoms with van der Waals surface area (Å²) in [5.74, 6) is -1.31. The quantitative estimate of drug-likeness (QED) is 0.737. The van der Waals surface area contributed by atoms with Gasteiger partial charge in [0.05, 0.1) is 11.6 Å². The van der Waals surface area contributed by atoms with Gasteiger partial charge in [-0.1, -0.05) is 12.1 Å². The third kappa shape index (κ3) is 3.35. The number of carbonyl (C=O) groups is 1. The van der Waals surface area contributed by atoms with Crippen molar-refractivity contribution in [1.82, 2.24) is 0 Å². The fraction of sp³-hybridized carbons (Fsp3) is 0.105. The Morgan fingerprint density at radius 2 is 2.04 bits per heavy atom. The molecule has 1 N–H and O–H groups in total. The smallest absolute Gasteiger partial charge is 0.351 e. The van der Waals surface area contributed by atoms with Gasteiger partial charge in [-0.25, -0.2) is 9.59 Å². The van der Waals surface area contributed by atoms with Crippen molar-refractivity contribution < 1.29 is 14.3 Å². The summed E-state index contributed by atoms with van der Waals surface area (Å²) in [7, 11) is 1.88. The van der Waals surface area contributed by atoms with E-state index in [0.29, 0.717) is 23.1 Å². The lowest BCUT2D eigenvalue weighted by atomic mass is 10.1. The first-order valence-corrected chi connectivity index (χ1v) is 7.49. The lowest BCUT2D eigenvalue weighted by Gasteiger charge is -2.19. The summed E-state index contributed by atoms with van der Waals surface area (Å²) in [4.78, 5) is 24.7. The Morgan fingerprint density at radius 1 is 1.24 bits per heavy atom. The second kappa shape index (κ2) is 6.49. The molecule has 2 aromatic carbocycles. The van der Waals surface area contributed by atoms with Gasteiger partial charge in [-0.15, -0.1) is 0 Å². The number of carboxylic acids is 1. The summed E-state index contributed by atoms with van der Waals surface area (Å²) >= 11 is 0. The van der Waals surface area contributed by atoms with E-state index in [1.807, 2.05) is 36.2 Å². The molecule has 0 spiro atoms. The van der Waals surface area contributed by atoms with Crippen LogP contribution in [0.1, 0.15) is 21.5 Å². The van der Waals surface area contributed by atoms with E-state index in [-0.39, 0.29) is 5.56 Å². The minimum atomic E-state index is -1.31. The van der Waals surface area contributed by atoms with Crippen LogP contribution < -0.4 is 10.5 Å². The minimum absolute atomic E-state index is 0.324. The Hall–Kier alpha value is -3.59. The molecule has 0 atom stereocenters. The van der Waals surface area contributed by atoms with Crippen LogP contribution in [-0.2, 0) is 6.54 Å². The number of aromatic carboxylic acids is 1. The summed E-state index contributed by atoms with van der Waals surface area (Å²) in [5, 5.41) is 18.5. The van der Waals surface area contributed by atoms with Crippen LogP contribution in [-0.4, -0.2) is 18.1 Å². The molecule has 1 aromatic heterocycles. The van der Waals surface area contributed by atoms with Crippen LogP contribution >= 0.6 is 0 Å². The SMILES string of the molecule is CN(Cc1cccc(C#N)c1)c1ccc2cc(C(=O)O)c(=O)oc2c1. The van der Waals surface area contributed by atoms with Crippen LogP contribution in [0.2, 0.25) is 0 Å². The fourth-order valence-electron chi connectivity index (χ4n) is 2.59. The molecule has 0 saturated carbocycles. The van der Waals surface area contributed by atoms with E-state index in [4.69, 9.17) is 14.8 Å². The number of nitriles is 1. The molecule has 3 aromatic rings. The molecule has 0 amide bonds. The van der Waals surface area contributed by atoms with Gasteiger partial charge in [0.25, 0.3) is 0 Å². The lowest BCUT2D eigenvalue weighted by molar-refractivity contribution is 0.0692. The molecule has 6 heteroatoms. The number of anilines is 1. The number of carboxylic acid groups (broad SMARTS) is 1. The first-order valence-electron chi connectivity index (χ1n) is 7.49. The van der Waals surface area contributed by atoms with E-state index in [1.54, 1.807) is 18.2 Å². The van der Waals surface area contributed by atoms with Crippen molar-refractivity contribution in [3.05, 3.63) is 75.6 Å². The van der Waals surface area contributed by atoms with E-state index in [2.05, 4.69) is 6.07 Å². The molecule has 0 radical (unpaired) electrons. The highest BCUT2D eigenvalue weighted by molar-refractivity contribution is 5.92. The van der Waals surface area contributed by atoms with Gasteiger partial charge in [0.2, 0.25) is 0 Å². The number of nitrogens with zero attached hydrogens (tertiary/aromatic N) is 2. The molecule has 6 nitrogen and oxygen atoms in total. The fourth-order valence-corrected chi connectivity index (χ4v) is 2.59. The summed E-state index contributed by atoms with van der Waals surface area (Å²) in [6.45, 7) is 0.568. The van der Waals surface area contributed by atoms with Gasteiger partial charge in [-0.2, -0.15) is 5.26 Å². The van der Waals surface area contributed by atoms with Crippen molar-refractivity contribution in [3.8, 4) is 6.07 Å². The number of hydrogen-bond donors (Lipinski definition) is 1. The van der Waals surface area contributed by atoms with Crippen LogP contribution in [0, 0.1) is 11.3 Å². The molecule has 0 saturated heterocycles. The highest BCUT2D eigenvalue weighted by atomic mass is 16.4. The summed E-state index contributed by atoms with van der Waals surface area (Å²) in [5.41, 5.74) is 1.44. The molecular weight excluding hydrogens is 320 g/mol. The summed E-state index contributed by atoms with van der Waals surface area (Å²) in [6.07, 6.45) is 0. The van der Waals surface area contributed by atoms with E-state index in [9.17, 15) is 9.59 Å². The predicted molar refractivity (Wildman–Crippen MR) is 92.7 cm³/mol. The van der Waals surface area contributed by atoms with Crippen LogP contribution in [0.5, 0.6) is 0 Å². The molecule has 0 aliphatic heterocycles. The maximum absolute atomic E-state index is 11.7. The number of hydrogen-bond acceptors (Lipinski definition) is 5. The zero-order chi connectivity index (χ0) is 18.0. The van der Waals surface area contributed by atoms with Gasteiger partial charge in [-0.3, -0.25) is 0 Å². The predicted octanol–water partition coefficient (Wildman–Crippen LogP) is 3.00. The van der Waals surface area contributed by atoms with Crippen LogP contribution in [0.25, 0.3) is 11.0 Å². The van der Waals surface area contributed by atoms with Gasteiger partial charge >= 0.3 is 11.6 Å². The summed E-state index contributed by atoms with van der Waals surface area (Å²) < 4.78 is 5.13. The second-order valence-electron chi connectivity index (χ2n) is 5.64. The normalized spacial score (nSPS) is 10.4. The molecule has 0 aliphatic rings. The lowest BCUT2D eigenvalue weighted by Crippen LogP contribution is -2.17. The van der Waals surface area contributed by atoms with Crippen molar-refractivity contribution >= 4 is 22.6 Å². The van der Waals surface area contributed by atoms with Gasteiger partial charge < -0.3 is 14.4 Å². The van der Waals surface area contributed by atoms with Crippen LogP contribution in [0.15, 0.2) is 57.7 Å². The Kier molecular flexibility index (Phi) is 4.23. The third-order valence-electron chi connectivity index (χ3n) is 3.87. The second-order valence-corrected chi connectivity index (χ2v) is 5.64. The van der Waals surface area contributed by atoms with Gasteiger partial charge in [0.15, 0.2) is 0 Å². The van der Waals surface area contributed by atoms with E-state index >= 15 is 0 Å². The van der Waals surface area contributed by atoms with Crippen molar-refractivity contribution in [2.24, 2.45) is 0 Å². The molecule has 3 rings (SSSR count). The number of rotatable bonds is 4. The van der Waals surface area contributed by atoms with E-state index in [0.717, 1.165) is 11.3 Å². The van der Waals surface area contributed by atoms with Gasteiger partial charge in [0, 0.05) is 30.7 Å². The first kappa shape index (κ1) is 16.3. The average Bonchev–Trinajstić information content (AvgIpc) is 2.60. The summed E-state index contributed by atoms with van der Waals surface area (Å²) in [6, 6.07) is 16.0. The average molecular weight is 334 g/mol. The van der Waals surface area contributed by atoms with Gasteiger partial charge in [0.1, 0.15) is 11.1 Å². The standard InChI is InChI=1S/C19H14N2O4/c1-21(11-13-4-2-3-12(7-13)10-20)15-6-5-14-8-16(18(22)23)19(24)25-17(14)9-15/h2-9H,11H2,1H3,(H,22,23). The maximum Gasteiger partial charge on any atom is 0.351 e. The molecule has 25 heavy (non-hydrogen) atoms. The van der Waals surface area contributed by atoms with Crippen LogP contribution in [0.4, 0.5) is 5.69 Å². The monoisotopic (exact) mass is 334 g/mol. The van der Waals surface area contributed by atoms with Crippen molar-refractivity contribution in [2.45, 2.75) is 6.54 Å². The Balaban J connectivity index is 1.93. The zero-order valence-electron chi connectivity index (χ0n) is 13.4. The van der Waals surface area contributed by atoms with Gasteiger partial charge in [-0.05, 0) is 35.9 Å². The molecule has 0 fully saturated rings. The van der Waals surface area contributed by atoms with E-state index < -0.39 is 11.6 Å². The maximum atomic E-state index is 11.7. The zero-order valence-corrected chi connectivity index (χ0v) is 13.4. The largest absolute Gasteiger partial charge is 0.477 e. The highest BCUT2D eigenvalue weighted by Gasteiger charge is 2.13. The first-order chi connectivity index (χ1) is 12.0. The topological polar surface area (TPSA) is 94.5 Å².